The zero-order valence-electron chi connectivity index (χ0n) is 9.47. The molecule has 1 aliphatic rings. The molecule has 0 aromatic heterocycles. The van der Waals surface area contributed by atoms with Crippen molar-refractivity contribution in [2.24, 2.45) is 5.73 Å². The van der Waals surface area contributed by atoms with Crippen LogP contribution in [-0.2, 0) is 6.42 Å². The Labute approximate surface area is 105 Å². The molecule has 0 amide bonds. The van der Waals surface area contributed by atoms with Crippen LogP contribution in [0.4, 0.5) is 4.39 Å². The van der Waals surface area contributed by atoms with Crippen LogP contribution in [0.5, 0.6) is 11.5 Å². The molecule has 1 aromatic carbocycles. The molecule has 0 saturated heterocycles. The molecule has 0 atom stereocenters. The van der Waals surface area contributed by atoms with Crippen molar-refractivity contribution in [2.75, 3.05) is 19.8 Å². The highest BCUT2D eigenvalue weighted by molar-refractivity contribution is 6.32. The Balaban J connectivity index is 2.36. The quantitative estimate of drug-likeness (QED) is 0.907. The molecular formula is C12H15ClFNO2. The van der Waals surface area contributed by atoms with Crippen LogP contribution in [0.1, 0.15) is 18.4 Å². The molecule has 3 nitrogen and oxygen atoms in total. The Morgan fingerprint density at radius 3 is 2.88 bits per heavy atom. The summed E-state index contributed by atoms with van der Waals surface area (Å²) >= 11 is 5.96. The van der Waals surface area contributed by atoms with E-state index in [0.29, 0.717) is 49.7 Å². The number of benzene rings is 1. The number of fused-ring (bicyclic) bond motifs is 1. The van der Waals surface area contributed by atoms with E-state index in [4.69, 9.17) is 26.8 Å². The van der Waals surface area contributed by atoms with Crippen LogP contribution in [0.3, 0.4) is 0 Å². The highest BCUT2D eigenvalue weighted by atomic mass is 35.5. The van der Waals surface area contributed by atoms with Crippen molar-refractivity contribution in [3.8, 4) is 11.5 Å². The maximum atomic E-state index is 13.9. The van der Waals surface area contributed by atoms with E-state index in [1.165, 1.54) is 0 Å². The Hall–Kier alpha value is -1.00. The Bertz CT molecular complexity index is 412. The Kier molecular flexibility index (Phi) is 4.07. The van der Waals surface area contributed by atoms with Gasteiger partial charge in [-0.1, -0.05) is 11.6 Å². The first-order chi connectivity index (χ1) is 8.24. The smallest absolute Gasteiger partial charge is 0.182 e. The molecule has 0 unspecified atom stereocenters. The number of aryl methyl sites for hydroxylation is 1. The summed E-state index contributed by atoms with van der Waals surface area (Å²) in [5.74, 6) is 0.420. The maximum Gasteiger partial charge on any atom is 0.182 e. The predicted octanol–water partition coefficient (Wildman–Crippen LogP) is 2.53. The molecule has 0 saturated carbocycles. The van der Waals surface area contributed by atoms with Gasteiger partial charge in [-0.15, -0.1) is 0 Å². The van der Waals surface area contributed by atoms with Crippen LogP contribution in [-0.4, -0.2) is 19.8 Å². The van der Waals surface area contributed by atoms with Gasteiger partial charge < -0.3 is 15.2 Å². The average molecular weight is 260 g/mol. The maximum absolute atomic E-state index is 13.9. The highest BCUT2D eigenvalue weighted by Crippen LogP contribution is 2.40. The van der Waals surface area contributed by atoms with Crippen molar-refractivity contribution in [3.63, 3.8) is 0 Å². The van der Waals surface area contributed by atoms with E-state index in [1.54, 1.807) is 6.07 Å². The standard InChI is InChI=1S/C12H15ClFNO2/c13-10-11(14)8(3-1-4-15)7-9-12(10)17-6-2-5-16-9/h7H,1-6,15H2. The average Bonchev–Trinajstić information content (AvgIpc) is 2.57. The Morgan fingerprint density at radius 2 is 2.12 bits per heavy atom. The van der Waals surface area contributed by atoms with Gasteiger partial charge in [-0.05, 0) is 31.0 Å². The fourth-order valence-electron chi connectivity index (χ4n) is 1.77. The minimum Gasteiger partial charge on any atom is -0.489 e. The van der Waals surface area contributed by atoms with Gasteiger partial charge in [-0.3, -0.25) is 0 Å². The molecule has 2 N–H and O–H groups in total. The van der Waals surface area contributed by atoms with Crippen molar-refractivity contribution >= 4 is 11.6 Å². The zero-order valence-corrected chi connectivity index (χ0v) is 10.2. The number of hydrogen-bond acceptors (Lipinski definition) is 3. The van der Waals surface area contributed by atoms with E-state index in [-0.39, 0.29) is 5.02 Å². The third-order valence-corrected chi connectivity index (χ3v) is 2.98. The molecule has 0 bridgehead atoms. The van der Waals surface area contributed by atoms with Crippen molar-refractivity contribution in [1.82, 2.24) is 0 Å². The van der Waals surface area contributed by atoms with E-state index in [2.05, 4.69) is 0 Å². The minimum atomic E-state index is -0.427. The molecular weight excluding hydrogens is 245 g/mol. The van der Waals surface area contributed by atoms with Gasteiger partial charge in [0, 0.05) is 6.42 Å². The second-order valence-electron chi connectivity index (χ2n) is 3.93. The number of ether oxygens (including phenoxy) is 2. The van der Waals surface area contributed by atoms with Crippen molar-refractivity contribution in [3.05, 3.63) is 22.5 Å². The van der Waals surface area contributed by atoms with Gasteiger partial charge in [-0.2, -0.15) is 0 Å². The summed E-state index contributed by atoms with van der Waals surface area (Å²) in [5, 5.41) is 0.0106. The van der Waals surface area contributed by atoms with Gasteiger partial charge in [0.2, 0.25) is 0 Å². The molecule has 94 valence electrons. The summed E-state index contributed by atoms with van der Waals surface area (Å²) in [6, 6.07) is 1.66. The third kappa shape index (κ3) is 2.64. The minimum absolute atomic E-state index is 0.0106. The van der Waals surface area contributed by atoms with Crippen LogP contribution in [0.25, 0.3) is 0 Å². The first-order valence-electron chi connectivity index (χ1n) is 5.70. The topological polar surface area (TPSA) is 44.5 Å². The molecule has 1 aromatic rings. The highest BCUT2D eigenvalue weighted by Gasteiger charge is 2.20. The second-order valence-corrected chi connectivity index (χ2v) is 4.31. The Morgan fingerprint density at radius 1 is 1.35 bits per heavy atom. The number of rotatable bonds is 3. The van der Waals surface area contributed by atoms with Gasteiger partial charge in [0.15, 0.2) is 11.5 Å². The predicted molar refractivity (Wildman–Crippen MR) is 64.4 cm³/mol. The van der Waals surface area contributed by atoms with Gasteiger partial charge >= 0.3 is 0 Å². The summed E-state index contributed by atoms with van der Waals surface area (Å²) in [6.45, 7) is 1.57. The molecule has 0 aliphatic carbocycles. The van der Waals surface area contributed by atoms with E-state index in [1.807, 2.05) is 0 Å². The molecule has 0 fully saturated rings. The van der Waals surface area contributed by atoms with Crippen LogP contribution >= 0.6 is 11.6 Å². The SMILES string of the molecule is NCCCc1cc2c(c(Cl)c1F)OCCCO2. The summed E-state index contributed by atoms with van der Waals surface area (Å²) in [5.41, 5.74) is 5.95. The summed E-state index contributed by atoms with van der Waals surface area (Å²) in [4.78, 5) is 0. The molecule has 5 heteroatoms. The molecule has 17 heavy (non-hydrogen) atoms. The summed E-state index contributed by atoms with van der Waals surface area (Å²) < 4.78 is 24.8. The van der Waals surface area contributed by atoms with Gasteiger partial charge in [0.25, 0.3) is 0 Å². The molecule has 2 rings (SSSR count). The lowest BCUT2D eigenvalue weighted by molar-refractivity contribution is 0.296. The molecule has 0 spiro atoms. The van der Waals surface area contributed by atoms with Crippen LogP contribution in [0.2, 0.25) is 5.02 Å². The number of nitrogens with two attached hydrogens (primary N) is 1. The van der Waals surface area contributed by atoms with Crippen LogP contribution in [0.15, 0.2) is 6.07 Å². The lowest BCUT2D eigenvalue weighted by Crippen LogP contribution is -2.03. The normalized spacial score (nSPS) is 14.5. The summed E-state index contributed by atoms with van der Waals surface area (Å²) in [6.07, 6.45) is 2.04. The van der Waals surface area contributed by atoms with Crippen molar-refractivity contribution in [1.29, 1.82) is 0 Å². The van der Waals surface area contributed by atoms with E-state index < -0.39 is 5.82 Å². The first-order valence-corrected chi connectivity index (χ1v) is 6.08. The van der Waals surface area contributed by atoms with E-state index in [0.717, 1.165) is 6.42 Å². The van der Waals surface area contributed by atoms with E-state index in [9.17, 15) is 4.39 Å². The van der Waals surface area contributed by atoms with Gasteiger partial charge in [0.1, 0.15) is 10.8 Å². The van der Waals surface area contributed by atoms with Crippen molar-refractivity contribution < 1.29 is 13.9 Å². The molecule has 1 heterocycles. The largest absolute Gasteiger partial charge is 0.489 e. The van der Waals surface area contributed by atoms with Crippen LogP contribution in [0, 0.1) is 5.82 Å². The summed E-state index contributed by atoms with van der Waals surface area (Å²) in [7, 11) is 0. The fourth-order valence-corrected chi connectivity index (χ4v) is 2.04. The number of halogens is 2. The van der Waals surface area contributed by atoms with Gasteiger partial charge in [0.05, 0.1) is 13.2 Å². The van der Waals surface area contributed by atoms with E-state index >= 15 is 0 Å². The first kappa shape index (κ1) is 12.5. The lowest BCUT2D eigenvalue weighted by atomic mass is 10.1. The molecule has 1 aliphatic heterocycles. The number of hydrogen-bond donors (Lipinski definition) is 1. The fraction of sp³-hybridized carbons (Fsp3) is 0.500. The second kappa shape index (κ2) is 5.56. The zero-order chi connectivity index (χ0) is 12.3. The molecule has 0 radical (unpaired) electrons. The van der Waals surface area contributed by atoms with Gasteiger partial charge in [-0.25, -0.2) is 4.39 Å². The third-order valence-electron chi connectivity index (χ3n) is 2.65. The lowest BCUT2D eigenvalue weighted by Gasteiger charge is -2.12. The van der Waals surface area contributed by atoms with Crippen molar-refractivity contribution in [2.45, 2.75) is 19.3 Å². The monoisotopic (exact) mass is 259 g/mol. The van der Waals surface area contributed by atoms with Crippen LogP contribution < -0.4 is 15.2 Å².